The number of rotatable bonds is 2. The molecule has 0 saturated heterocycles. The minimum atomic E-state index is -0.0548. The molecular formula is C12H14INO2. The van der Waals surface area contributed by atoms with Crippen LogP contribution < -0.4 is 15.2 Å². The van der Waals surface area contributed by atoms with Gasteiger partial charge in [0.05, 0.1) is 18.1 Å². The maximum atomic E-state index is 6.04. The number of alkyl halides is 1. The van der Waals surface area contributed by atoms with Crippen LogP contribution in [0.5, 0.6) is 11.5 Å². The molecule has 1 aromatic rings. The third-order valence-electron chi connectivity index (χ3n) is 2.73. The Kier molecular flexibility index (Phi) is 3.39. The zero-order chi connectivity index (χ0) is 11.7. The summed E-state index contributed by atoms with van der Waals surface area (Å²) in [6, 6.07) is 3.92. The molecule has 86 valence electrons. The SMILES string of the molecule is COc1cc2c(cc1OC)C(I)C=CC2N. The maximum absolute atomic E-state index is 6.04. The van der Waals surface area contributed by atoms with Gasteiger partial charge in [-0.3, -0.25) is 0 Å². The number of halogens is 1. The van der Waals surface area contributed by atoms with Crippen molar-refractivity contribution in [3.8, 4) is 11.5 Å². The molecule has 2 atom stereocenters. The number of nitrogens with two attached hydrogens (primary N) is 1. The molecule has 2 rings (SSSR count). The smallest absolute Gasteiger partial charge is 0.161 e. The monoisotopic (exact) mass is 331 g/mol. The van der Waals surface area contributed by atoms with Crippen molar-refractivity contribution in [3.63, 3.8) is 0 Å². The van der Waals surface area contributed by atoms with Crippen LogP contribution in [0, 0.1) is 0 Å². The van der Waals surface area contributed by atoms with Gasteiger partial charge >= 0.3 is 0 Å². The van der Waals surface area contributed by atoms with E-state index in [1.807, 2.05) is 18.2 Å². The predicted molar refractivity (Wildman–Crippen MR) is 72.4 cm³/mol. The minimum Gasteiger partial charge on any atom is -0.493 e. The van der Waals surface area contributed by atoms with Crippen LogP contribution in [-0.4, -0.2) is 14.2 Å². The third-order valence-corrected chi connectivity index (χ3v) is 3.82. The zero-order valence-electron chi connectivity index (χ0n) is 9.24. The van der Waals surface area contributed by atoms with Crippen LogP contribution in [0.15, 0.2) is 24.3 Å². The van der Waals surface area contributed by atoms with E-state index < -0.39 is 0 Å². The lowest BCUT2D eigenvalue weighted by atomic mass is 9.93. The van der Waals surface area contributed by atoms with Crippen LogP contribution >= 0.6 is 22.6 Å². The predicted octanol–water partition coefficient (Wildman–Crippen LogP) is 2.75. The second-order valence-electron chi connectivity index (χ2n) is 3.65. The van der Waals surface area contributed by atoms with Crippen molar-refractivity contribution < 1.29 is 9.47 Å². The molecule has 0 aromatic heterocycles. The lowest BCUT2D eigenvalue weighted by Crippen LogP contribution is -2.14. The van der Waals surface area contributed by atoms with E-state index in [1.165, 1.54) is 5.56 Å². The first-order valence-electron chi connectivity index (χ1n) is 5.01. The number of benzene rings is 1. The Balaban J connectivity index is 2.56. The Morgan fingerprint density at radius 3 is 2.19 bits per heavy atom. The molecule has 3 nitrogen and oxygen atoms in total. The third kappa shape index (κ3) is 1.91. The van der Waals surface area contributed by atoms with E-state index in [0.717, 1.165) is 17.1 Å². The Morgan fingerprint density at radius 2 is 1.62 bits per heavy atom. The number of fused-ring (bicyclic) bond motifs is 1. The van der Waals surface area contributed by atoms with Gasteiger partial charge in [0, 0.05) is 6.04 Å². The van der Waals surface area contributed by atoms with Crippen molar-refractivity contribution in [1.82, 2.24) is 0 Å². The van der Waals surface area contributed by atoms with Gasteiger partial charge in [-0.25, -0.2) is 0 Å². The molecule has 0 heterocycles. The molecule has 0 spiro atoms. The molecule has 4 heteroatoms. The normalized spacial score (nSPS) is 22.8. The van der Waals surface area contributed by atoms with Gasteiger partial charge in [0.1, 0.15) is 0 Å². The summed E-state index contributed by atoms with van der Waals surface area (Å²) in [5.74, 6) is 1.49. The number of ether oxygens (including phenoxy) is 2. The van der Waals surface area contributed by atoms with E-state index in [9.17, 15) is 0 Å². The number of hydrogen-bond acceptors (Lipinski definition) is 3. The van der Waals surface area contributed by atoms with E-state index in [-0.39, 0.29) is 6.04 Å². The zero-order valence-corrected chi connectivity index (χ0v) is 11.4. The highest BCUT2D eigenvalue weighted by atomic mass is 127. The highest BCUT2D eigenvalue weighted by Gasteiger charge is 2.21. The van der Waals surface area contributed by atoms with E-state index in [0.29, 0.717) is 3.92 Å². The second-order valence-corrected chi connectivity index (χ2v) is 4.99. The van der Waals surface area contributed by atoms with Crippen molar-refractivity contribution in [2.24, 2.45) is 5.73 Å². The van der Waals surface area contributed by atoms with Crippen molar-refractivity contribution in [2.45, 2.75) is 9.97 Å². The number of methoxy groups -OCH3 is 2. The van der Waals surface area contributed by atoms with Crippen LogP contribution in [0.1, 0.15) is 21.1 Å². The second kappa shape index (κ2) is 4.63. The minimum absolute atomic E-state index is 0.0548. The lowest BCUT2D eigenvalue weighted by molar-refractivity contribution is 0.354. The Hall–Kier alpha value is -0.750. The summed E-state index contributed by atoms with van der Waals surface area (Å²) < 4.78 is 10.9. The molecule has 0 radical (unpaired) electrons. The van der Waals surface area contributed by atoms with Gasteiger partial charge in [0.2, 0.25) is 0 Å². The fourth-order valence-corrected chi connectivity index (χ4v) is 2.64. The first-order chi connectivity index (χ1) is 7.67. The van der Waals surface area contributed by atoms with Crippen LogP contribution in [-0.2, 0) is 0 Å². The molecule has 0 saturated carbocycles. The van der Waals surface area contributed by atoms with Crippen molar-refractivity contribution in [3.05, 3.63) is 35.4 Å². The highest BCUT2D eigenvalue weighted by molar-refractivity contribution is 14.1. The van der Waals surface area contributed by atoms with Gasteiger partial charge in [0.15, 0.2) is 11.5 Å². The van der Waals surface area contributed by atoms with Crippen LogP contribution in [0.25, 0.3) is 0 Å². The van der Waals surface area contributed by atoms with Crippen molar-refractivity contribution in [2.75, 3.05) is 14.2 Å². The fraction of sp³-hybridized carbons (Fsp3) is 0.333. The van der Waals surface area contributed by atoms with E-state index >= 15 is 0 Å². The summed E-state index contributed by atoms with van der Waals surface area (Å²) in [4.78, 5) is 0. The topological polar surface area (TPSA) is 44.5 Å². The molecule has 0 amide bonds. The van der Waals surface area contributed by atoms with Gasteiger partial charge in [-0.15, -0.1) is 0 Å². The van der Waals surface area contributed by atoms with Gasteiger partial charge < -0.3 is 15.2 Å². The molecule has 0 bridgehead atoms. The van der Waals surface area contributed by atoms with Crippen LogP contribution in [0.4, 0.5) is 0 Å². The summed E-state index contributed by atoms with van der Waals surface area (Å²) in [5.41, 5.74) is 8.35. The van der Waals surface area contributed by atoms with Gasteiger partial charge in [-0.05, 0) is 23.3 Å². The van der Waals surface area contributed by atoms with Crippen LogP contribution in [0.3, 0.4) is 0 Å². The summed E-state index contributed by atoms with van der Waals surface area (Å²) in [7, 11) is 3.28. The molecule has 0 fully saturated rings. The lowest BCUT2D eigenvalue weighted by Gasteiger charge is -2.23. The number of allylic oxidation sites excluding steroid dienone is 1. The van der Waals surface area contributed by atoms with Crippen LogP contribution in [0.2, 0.25) is 0 Å². The molecule has 2 N–H and O–H groups in total. The molecule has 1 aromatic carbocycles. The average Bonchev–Trinajstić information content (AvgIpc) is 2.32. The molecular weight excluding hydrogens is 317 g/mol. The Morgan fingerprint density at radius 1 is 1.06 bits per heavy atom. The maximum Gasteiger partial charge on any atom is 0.161 e. The first-order valence-corrected chi connectivity index (χ1v) is 6.25. The van der Waals surface area contributed by atoms with Gasteiger partial charge in [0.25, 0.3) is 0 Å². The largest absolute Gasteiger partial charge is 0.493 e. The standard InChI is InChI=1S/C12H14INO2/c1-15-11-5-7-8(6-12(11)16-2)10(14)4-3-9(7)13/h3-6,9-10H,14H2,1-2H3. The Bertz CT molecular complexity index is 392. The average molecular weight is 331 g/mol. The van der Waals surface area contributed by atoms with E-state index in [2.05, 4.69) is 28.7 Å². The van der Waals surface area contributed by atoms with Gasteiger partial charge in [-0.1, -0.05) is 34.7 Å². The van der Waals surface area contributed by atoms with Crippen molar-refractivity contribution >= 4 is 22.6 Å². The van der Waals surface area contributed by atoms with E-state index in [4.69, 9.17) is 15.2 Å². The molecule has 1 aliphatic carbocycles. The molecule has 16 heavy (non-hydrogen) atoms. The quantitative estimate of drug-likeness (QED) is 0.515. The summed E-state index contributed by atoms with van der Waals surface area (Å²) in [5, 5.41) is 0. The Labute approximate surface area is 109 Å². The first kappa shape index (κ1) is 11.7. The highest BCUT2D eigenvalue weighted by Crippen LogP contribution is 2.41. The fourth-order valence-electron chi connectivity index (χ4n) is 1.86. The van der Waals surface area contributed by atoms with Gasteiger partial charge in [-0.2, -0.15) is 0 Å². The summed E-state index contributed by atoms with van der Waals surface area (Å²) >= 11 is 2.38. The molecule has 1 aliphatic rings. The van der Waals surface area contributed by atoms with E-state index in [1.54, 1.807) is 14.2 Å². The number of hydrogen-bond donors (Lipinski definition) is 1. The summed E-state index contributed by atoms with van der Waals surface area (Å²) in [6.45, 7) is 0. The molecule has 2 unspecified atom stereocenters. The molecule has 0 aliphatic heterocycles. The summed E-state index contributed by atoms with van der Waals surface area (Å²) in [6.07, 6.45) is 4.13. The van der Waals surface area contributed by atoms with Crippen molar-refractivity contribution in [1.29, 1.82) is 0 Å².